The predicted molar refractivity (Wildman–Crippen MR) is 94.9 cm³/mol. The van der Waals surface area contributed by atoms with Crippen LogP contribution in [0.5, 0.6) is 0 Å². The van der Waals surface area contributed by atoms with Crippen LogP contribution in [-0.2, 0) is 4.79 Å². The lowest BCUT2D eigenvalue weighted by atomic mass is 10.1. The Balaban J connectivity index is 1.51. The van der Waals surface area contributed by atoms with Crippen molar-refractivity contribution in [2.75, 3.05) is 5.32 Å². The van der Waals surface area contributed by atoms with Gasteiger partial charge in [-0.1, -0.05) is 53.4 Å². The van der Waals surface area contributed by atoms with Gasteiger partial charge in [-0.25, -0.2) is 0 Å². The molecule has 0 saturated heterocycles. The maximum atomic E-state index is 12.3. The molecule has 0 bridgehead atoms. The minimum Gasteiger partial charge on any atom is -0.357 e. The van der Waals surface area contributed by atoms with E-state index in [2.05, 4.69) is 20.8 Å². The van der Waals surface area contributed by atoms with Gasteiger partial charge in [-0.2, -0.15) is 0 Å². The predicted octanol–water partition coefficient (Wildman–Crippen LogP) is 3.47. The monoisotopic (exact) mass is 348 g/mol. The number of nitrogens with one attached hydrogen (secondary N) is 2. The van der Waals surface area contributed by atoms with Gasteiger partial charge in [0.15, 0.2) is 4.34 Å². The maximum absolute atomic E-state index is 12.3. The lowest BCUT2D eigenvalue weighted by Gasteiger charge is -2.17. The fraction of sp³-hybridized carbons (Fsp3) is 0.438. The highest BCUT2D eigenvalue weighted by molar-refractivity contribution is 8.02. The second-order valence-electron chi connectivity index (χ2n) is 5.69. The van der Waals surface area contributed by atoms with Crippen molar-refractivity contribution in [2.45, 2.75) is 48.4 Å². The van der Waals surface area contributed by atoms with Crippen LogP contribution in [0.1, 0.15) is 38.3 Å². The number of anilines is 1. The molecule has 2 aromatic rings. The number of carbonyl (C=O) groups excluding carboxylic acids is 1. The van der Waals surface area contributed by atoms with E-state index in [9.17, 15) is 4.79 Å². The summed E-state index contributed by atoms with van der Waals surface area (Å²) in [6.07, 6.45) is 2.41. The van der Waals surface area contributed by atoms with Gasteiger partial charge in [-0.3, -0.25) is 4.79 Å². The minimum absolute atomic E-state index is 0.00624. The van der Waals surface area contributed by atoms with Crippen LogP contribution in [0.2, 0.25) is 0 Å². The van der Waals surface area contributed by atoms with Crippen LogP contribution in [0, 0.1) is 0 Å². The number of carbonyl (C=O) groups is 1. The van der Waals surface area contributed by atoms with Gasteiger partial charge in [-0.05, 0) is 32.3 Å². The molecule has 23 heavy (non-hydrogen) atoms. The number of rotatable bonds is 7. The summed E-state index contributed by atoms with van der Waals surface area (Å²) in [6, 6.07) is 10.5. The normalized spacial score (nSPS) is 16.6. The van der Waals surface area contributed by atoms with Crippen LogP contribution >= 0.6 is 23.1 Å². The smallest absolute Gasteiger partial charge is 0.233 e. The SMILES string of the molecule is CC(Sc1nnc(NC2CC2)s1)C(=O)NC(C)c1ccccc1. The number of nitrogens with zero attached hydrogens (tertiary/aromatic N) is 2. The van der Waals surface area contributed by atoms with E-state index in [1.807, 2.05) is 44.2 Å². The fourth-order valence-electron chi connectivity index (χ4n) is 2.08. The van der Waals surface area contributed by atoms with E-state index in [0.717, 1.165) is 15.0 Å². The molecule has 1 aliphatic rings. The summed E-state index contributed by atoms with van der Waals surface area (Å²) in [5.74, 6) is 0.0123. The lowest BCUT2D eigenvalue weighted by Crippen LogP contribution is -2.33. The van der Waals surface area contributed by atoms with Crippen molar-refractivity contribution in [3.63, 3.8) is 0 Å². The van der Waals surface area contributed by atoms with Crippen molar-refractivity contribution >= 4 is 34.1 Å². The highest BCUT2D eigenvalue weighted by Gasteiger charge is 2.23. The molecule has 1 amide bonds. The molecule has 7 heteroatoms. The lowest BCUT2D eigenvalue weighted by molar-refractivity contribution is -0.120. The van der Waals surface area contributed by atoms with E-state index >= 15 is 0 Å². The Kier molecular flexibility index (Phi) is 5.17. The average molecular weight is 348 g/mol. The third-order valence-corrected chi connectivity index (χ3v) is 5.66. The fourth-order valence-corrected chi connectivity index (χ4v) is 4.06. The zero-order valence-corrected chi connectivity index (χ0v) is 14.8. The molecule has 1 heterocycles. The molecule has 5 nitrogen and oxygen atoms in total. The number of aromatic nitrogens is 2. The molecule has 2 unspecified atom stereocenters. The van der Waals surface area contributed by atoms with E-state index in [-0.39, 0.29) is 17.2 Å². The van der Waals surface area contributed by atoms with Crippen molar-refractivity contribution in [3.8, 4) is 0 Å². The molecule has 1 saturated carbocycles. The van der Waals surface area contributed by atoms with Crippen molar-refractivity contribution in [2.24, 2.45) is 0 Å². The number of hydrogen-bond donors (Lipinski definition) is 2. The third-order valence-electron chi connectivity index (χ3n) is 3.62. The Bertz CT molecular complexity index is 657. The summed E-state index contributed by atoms with van der Waals surface area (Å²) in [4.78, 5) is 12.3. The first kappa shape index (κ1) is 16.3. The van der Waals surface area contributed by atoms with Crippen LogP contribution in [-0.4, -0.2) is 27.4 Å². The van der Waals surface area contributed by atoms with E-state index in [1.165, 1.54) is 35.9 Å². The summed E-state index contributed by atoms with van der Waals surface area (Å²) in [5, 5.41) is 15.3. The topological polar surface area (TPSA) is 66.9 Å². The van der Waals surface area contributed by atoms with E-state index in [1.54, 1.807) is 0 Å². The molecule has 2 atom stereocenters. The van der Waals surface area contributed by atoms with Crippen molar-refractivity contribution in [1.82, 2.24) is 15.5 Å². The third kappa shape index (κ3) is 4.68. The zero-order valence-electron chi connectivity index (χ0n) is 13.2. The molecule has 3 rings (SSSR count). The Morgan fingerprint density at radius 2 is 2.00 bits per heavy atom. The highest BCUT2D eigenvalue weighted by Crippen LogP contribution is 2.32. The zero-order chi connectivity index (χ0) is 16.2. The number of hydrogen-bond acceptors (Lipinski definition) is 6. The Labute approximate surface area is 144 Å². The summed E-state index contributed by atoms with van der Waals surface area (Å²) in [6.45, 7) is 3.89. The molecule has 1 aliphatic carbocycles. The first-order chi connectivity index (χ1) is 11.1. The first-order valence-electron chi connectivity index (χ1n) is 7.74. The number of benzene rings is 1. The molecular weight excluding hydrogens is 328 g/mol. The molecule has 0 spiro atoms. The van der Waals surface area contributed by atoms with E-state index in [0.29, 0.717) is 6.04 Å². The molecule has 0 aliphatic heterocycles. The molecule has 1 fully saturated rings. The summed E-state index contributed by atoms with van der Waals surface area (Å²) in [7, 11) is 0. The highest BCUT2D eigenvalue weighted by atomic mass is 32.2. The molecular formula is C16H20N4OS2. The van der Waals surface area contributed by atoms with Gasteiger partial charge >= 0.3 is 0 Å². The first-order valence-corrected chi connectivity index (χ1v) is 9.43. The van der Waals surface area contributed by atoms with Gasteiger partial charge in [0.25, 0.3) is 0 Å². The number of thioether (sulfide) groups is 1. The van der Waals surface area contributed by atoms with E-state index in [4.69, 9.17) is 0 Å². The second-order valence-corrected chi connectivity index (χ2v) is 8.26. The van der Waals surface area contributed by atoms with Gasteiger partial charge in [0.2, 0.25) is 11.0 Å². The van der Waals surface area contributed by atoms with Crippen LogP contribution in [0.15, 0.2) is 34.7 Å². The standard InChI is InChI=1S/C16H20N4OS2/c1-10(12-6-4-3-5-7-12)17-14(21)11(2)22-16-20-19-15(23-16)18-13-8-9-13/h3-7,10-11,13H,8-9H2,1-2H3,(H,17,21)(H,18,19). The Hall–Kier alpha value is -1.60. The number of amides is 1. The molecule has 1 aromatic carbocycles. The quantitative estimate of drug-likeness (QED) is 0.750. The van der Waals surface area contributed by atoms with Crippen LogP contribution in [0.3, 0.4) is 0 Å². The maximum Gasteiger partial charge on any atom is 0.233 e. The van der Waals surface area contributed by atoms with Gasteiger partial charge in [-0.15, -0.1) is 10.2 Å². The van der Waals surface area contributed by atoms with Crippen molar-refractivity contribution < 1.29 is 4.79 Å². The van der Waals surface area contributed by atoms with Crippen molar-refractivity contribution in [3.05, 3.63) is 35.9 Å². The largest absolute Gasteiger partial charge is 0.357 e. The van der Waals surface area contributed by atoms with Crippen molar-refractivity contribution in [1.29, 1.82) is 0 Å². The Morgan fingerprint density at radius 1 is 1.26 bits per heavy atom. The van der Waals surface area contributed by atoms with Crippen LogP contribution in [0.4, 0.5) is 5.13 Å². The summed E-state index contributed by atoms with van der Waals surface area (Å²) in [5.41, 5.74) is 1.10. The average Bonchev–Trinajstić information content (AvgIpc) is 3.26. The van der Waals surface area contributed by atoms with Crippen LogP contribution < -0.4 is 10.6 Å². The van der Waals surface area contributed by atoms with Gasteiger partial charge < -0.3 is 10.6 Å². The van der Waals surface area contributed by atoms with Gasteiger partial charge in [0.05, 0.1) is 11.3 Å². The van der Waals surface area contributed by atoms with E-state index < -0.39 is 0 Å². The van der Waals surface area contributed by atoms with Gasteiger partial charge in [0.1, 0.15) is 0 Å². The molecule has 122 valence electrons. The minimum atomic E-state index is -0.206. The van der Waals surface area contributed by atoms with Crippen LogP contribution in [0.25, 0.3) is 0 Å². The van der Waals surface area contributed by atoms with Gasteiger partial charge in [0, 0.05) is 6.04 Å². The second kappa shape index (κ2) is 7.31. The summed E-state index contributed by atoms with van der Waals surface area (Å²) >= 11 is 2.96. The molecule has 0 radical (unpaired) electrons. The summed E-state index contributed by atoms with van der Waals surface area (Å²) < 4.78 is 0.822. The molecule has 2 N–H and O–H groups in total. The Morgan fingerprint density at radius 3 is 2.70 bits per heavy atom. The molecule has 1 aromatic heterocycles.